The summed E-state index contributed by atoms with van der Waals surface area (Å²) in [6.45, 7) is 10.5. The van der Waals surface area contributed by atoms with Crippen molar-refractivity contribution in [1.82, 2.24) is 5.32 Å². The lowest BCUT2D eigenvalue weighted by atomic mass is 9.87. The molecule has 3 atom stereocenters. The average Bonchev–Trinajstić information content (AvgIpc) is 2.30. The molecule has 2 fully saturated rings. The Labute approximate surface area is 98.9 Å². The summed E-state index contributed by atoms with van der Waals surface area (Å²) in [6.07, 6.45) is 2.77. The first-order valence-corrected chi connectivity index (χ1v) is 6.58. The van der Waals surface area contributed by atoms with Crippen molar-refractivity contribution in [2.75, 3.05) is 26.3 Å². The minimum absolute atomic E-state index is 0.0135. The molecule has 3 nitrogen and oxygen atoms in total. The smallest absolute Gasteiger partial charge is 0.0805 e. The van der Waals surface area contributed by atoms with Gasteiger partial charge in [-0.3, -0.25) is 0 Å². The Morgan fingerprint density at radius 2 is 2.19 bits per heavy atom. The summed E-state index contributed by atoms with van der Waals surface area (Å²) in [4.78, 5) is 0. The Morgan fingerprint density at radius 1 is 1.38 bits per heavy atom. The lowest BCUT2D eigenvalue weighted by Gasteiger charge is -2.45. The summed E-state index contributed by atoms with van der Waals surface area (Å²) < 4.78 is 11.9. The molecule has 16 heavy (non-hydrogen) atoms. The maximum atomic E-state index is 6.33. The van der Waals surface area contributed by atoms with Crippen molar-refractivity contribution in [3.63, 3.8) is 0 Å². The van der Waals surface area contributed by atoms with Crippen LogP contribution in [0.1, 0.15) is 33.6 Å². The molecule has 0 amide bonds. The van der Waals surface area contributed by atoms with Crippen LogP contribution >= 0.6 is 0 Å². The molecule has 2 aliphatic rings. The van der Waals surface area contributed by atoms with Gasteiger partial charge in [-0.15, -0.1) is 0 Å². The molecule has 0 aliphatic carbocycles. The van der Waals surface area contributed by atoms with Gasteiger partial charge in [0.15, 0.2) is 0 Å². The van der Waals surface area contributed by atoms with Crippen molar-refractivity contribution < 1.29 is 9.47 Å². The highest BCUT2D eigenvalue weighted by Gasteiger charge is 2.38. The SMILES string of the molecule is CC(C)C1(C)CNCC(C2CCCOC2)O1. The van der Waals surface area contributed by atoms with E-state index in [4.69, 9.17) is 9.47 Å². The fourth-order valence-electron chi connectivity index (χ4n) is 2.55. The highest BCUT2D eigenvalue weighted by Crippen LogP contribution is 2.30. The number of rotatable bonds is 2. The zero-order chi connectivity index (χ0) is 11.6. The first kappa shape index (κ1) is 12.3. The molecular weight excluding hydrogens is 202 g/mol. The Morgan fingerprint density at radius 3 is 2.81 bits per heavy atom. The van der Waals surface area contributed by atoms with E-state index in [1.807, 2.05) is 0 Å². The molecule has 2 aliphatic heterocycles. The molecule has 3 unspecified atom stereocenters. The zero-order valence-electron chi connectivity index (χ0n) is 10.8. The third-order valence-electron chi connectivity index (χ3n) is 4.18. The van der Waals surface area contributed by atoms with E-state index < -0.39 is 0 Å². The topological polar surface area (TPSA) is 30.5 Å². The van der Waals surface area contributed by atoms with Crippen LogP contribution in [0, 0.1) is 11.8 Å². The molecule has 0 saturated carbocycles. The van der Waals surface area contributed by atoms with E-state index in [0.717, 1.165) is 26.3 Å². The van der Waals surface area contributed by atoms with Crippen molar-refractivity contribution in [3.8, 4) is 0 Å². The molecule has 0 aromatic rings. The number of morpholine rings is 1. The van der Waals surface area contributed by atoms with Crippen LogP contribution in [0.3, 0.4) is 0 Å². The second-order valence-electron chi connectivity index (χ2n) is 5.73. The van der Waals surface area contributed by atoms with Gasteiger partial charge in [0.2, 0.25) is 0 Å². The van der Waals surface area contributed by atoms with Crippen molar-refractivity contribution in [2.24, 2.45) is 11.8 Å². The van der Waals surface area contributed by atoms with Gasteiger partial charge in [0.25, 0.3) is 0 Å². The third kappa shape index (κ3) is 2.58. The number of hydrogen-bond donors (Lipinski definition) is 1. The maximum Gasteiger partial charge on any atom is 0.0805 e. The predicted molar refractivity (Wildman–Crippen MR) is 64.5 cm³/mol. The molecule has 2 rings (SSSR count). The molecule has 2 heterocycles. The Bertz CT molecular complexity index is 226. The van der Waals surface area contributed by atoms with E-state index in [1.54, 1.807) is 0 Å². The molecule has 3 heteroatoms. The van der Waals surface area contributed by atoms with Crippen molar-refractivity contribution >= 4 is 0 Å². The Balaban J connectivity index is 1.95. The van der Waals surface area contributed by atoms with Gasteiger partial charge in [-0.25, -0.2) is 0 Å². The van der Waals surface area contributed by atoms with Crippen LogP contribution in [0.4, 0.5) is 0 Å². The van der Waals surface area contributed by atoms with E-state index in [0.29, 0.717) is 17.9 Å². The maximum absolute atomic E-state index is 6.33. The fraction of sp³-hybridized carbons (Fsp3) is 1.00. The Hall–Kier alpha value is -0.120. The normalized spacial score (nSPS) is 41.2. The highest BCUT2D eigenvalue weighted by molar-refractivity contribution is 4.90. The zero-order valence-corrected chi connectivity index (χ0v) is 10.8. The van der Waals surface area contributed by atoms with Gasteiger partial charge in [-0.2, -0.15) is 0 Å². The van der Waals surface area contributed by atoms with Crippen LogP contribution in [-0.4, -0.2) is 38.0 Å². The minimum atomic E-state index is -0.0135. The van der Waals surface area contributed by atoms with Crippen molar-refractivity contribution in [2.45, 2.75) is 45.3 Å². The van der Waals surface area contributed by atoms with Gasteiger partial charge in [0.05, 0.1) is 18.3 Å². The monoisotopic (exact) mass is 227 g/mol. The number of nitrogens with one attached hydrogen (secondary N) is 1. The van der Waals surface area contributed by atoms with E-state index in [-0.39, 0.29) is 5.60 Å². The van der Waals surface area contributed by atoms with Gasteiger partial charge < -0.3 is 14.8 Å². The first-order valence-electron chi connectivity index (χ1n) is 6.58. The summed E-state index contributed by atoms with van der Waals surface area (Å²) in [5, 5.41) is 3.52. The standard InChI is InChI=1S/C13H25NO2/c1-10(2)13(3)9-14-7-12(16-13)11-5-4-6-15-8-11/h10-12,14H,4-9H2,1-3H3. The first-order chi connectivity index (χ1) is 7.62. The summed E-state index contributed by atoms with van der Waals surface area (Å²) in [5.41, 5.74) is -0.0135. The second-order valence-corrected chi connectivity index (χ2v) is 5.73. The van der Waals surface area contributed by atoms with Gasteiger partial charge >= 0.3 is 0 Å². The van der Waals surface area contributed by atoms with Crippen molar-refractivity contribution in [1.29, 1.82) is 0 Å². The van der Waals surface area contributed by atoms with Gasteiger partial charge in [-0.1, -0.05) is 13.8 Å². The van der Waals surface area contributed by atoms with Crippen LogP contribution < -0.4 is 5.32 Å². The van der Waals surface area contributed by atoms with Gasteiger partial charge in [-0.05, 0) is 25.7 Å². The van der Waals surface area contributed by atoms with Crippen LogP contribution in [0.25, 0.3) is 0 Å². The van der Waals surface area contributed by atoms with E-state index in [2.05, 4.69) is 26.1 Å². The summed E-state index contributed by atoms with van der Waals surface area (Å²) in [7, 11) is 0. The van der Waals surface area contributed by atoms with Crippen LogP contribution in [-0.2, 0) is 9.47 Å². The molecular formula is C13H25NO2. The lowest BCUT2D eigenvalue weighted by Crippen LogP contribution is -2.57. The number of hydrogen-bond acceptors (Lipinski definition) is 3. The molecule has 2 saturated heterocycles. The van der Waals surface area contributed by atoms with E-state index in [9.17, 15) is 0 Å². The van der Waals surface area contributed by atoms with Gasteiger partial charge in [0, 0.05) is 25.6 Å². The molecule has 0 aromatic heterocycles. The minimum Gasteiger partial charge on any atom is -0.381 e. The average molecular weight is 227 g/mol. The van der Waals surface area contributed by atoms with Gasteiger partial charge in [0.1, 0.15) is 0 Å². The van der Waals surface area contributed by atoms with Crippen LogP contribution in [0.2, 0.25) is 0 Å². The van der Waals surface area contributed by atoms with Crippen LogP contribution in [0.5, 0.6) is 0 Å². The second kappa shape index (κ2) is 5.03. The summed E-state index contributed by atoms with van der Waals surface area (Å²) >= 11 is 0. The highest BCUT2D eigenvalue weighted by atomic mass is 16.5. The van der Waals surface area contributed by atoms with Crippen molar-refractivity contribution in [3.05, 3.63) is 0 Å². The molecule has 0 radical (unpaired) electrons. The molecule has 94 valence electrons. The third-order valence-corrected chi connectivity index (χ3v) is 4.18. The molecule has 0 spiro atoms. The summed E-state index contributed by atoms with van der Waals surface area (Å²) in [6, 6.07) is 0. The van der Waals surface area contributed by atoms with E-state index in [1.165, 1.54) is 12.8 Å². The molecule has 0 aromatic carbocycles. The lowest BCUT2D eigenvalue weighted by molar-refractivity contribution is -0.162. The predicted octanol–water partition coefficient (Wildman–Crippen LogP) is 1.82. The number of ether oxygens (including phenoxy) is 2. The largest absolute Gasteiger partial charge is 0.381 e. The fourth-order valence-corrected chi connectivity index (χ4v) is 2.55. The van der Waals surface area contributed by atoms with Crippen LogP contribution in [0.15, 0.2) is 0 Å². The molecule has 1 N–H and O–H groups in total. The Kier molecular flexibility index (Phi) is 3.88. The quantitative estimate of drug-likeness (QED) is 0.780. The summed E-state index contributed by atoms with van der Waals surface area (Å²) in [5.74, 6) is 1.13. The molecule has 0 bridgehead atoms. The van der Waals surface area contributed by atoms with E-state index >= 15 is 0 Å².